The maximum atomic E-state index is 13.1. The van der Waals surface area contributed by atoms with E-state index in [1.54, 1.807) is 11.8 Å². The van der Waals surface area contributed by atoms with Gasteiger partial charge in [0.2, 0.25) is 17.7 Å². The highest BCUT2D eigenvalue weighted by Crippen LogP contribution is 2.22. The third-order valence-corrected chi connectivity index (χ3v) is 6.79. The molecule has 0 bridgehead atoms. The molecule has 1 amide bonds. The Hall–Kier alpha value is -3.66. The molecule has 0 unspecified atom stereocenters. The van der Waals surface area contributed by atoms with Crippen LogP contribution in [-0.2, 0) is 17.0 Å². The molecule has 4 rings (SSSR count). The third-order valence-electron chi connectivity index (χ3n) is 5.88. The molecule has 3 aromatic carbocycles. The van der Waals surface area contributed by atoms with Gasteiger partial charge >= 0.3 is 0 Å². The summed E-state index contributed by atoms with van der Waals surface area (Å²) in [7, 11) is 4.03. The number of rotatable bonds is 15. The predicted molar refractivity (Wildman–Crippen MR) is 157 cm³/mol. The fraction of sp³-hybridized carbons (Fsp3) is 0.300. The van der Waals surface area contributed by atoms with Crippen LogP contribution in [0.15, 0.2) is 89.3 Å². The Bertz CT molecular complexity index is 1270. The monoisotopic (exact) mass is 545 g/mol. The lowest BCUT2D eigenvalue weighted by molar-refractivity contribution is -0.118. The molecule has 1 aromatic heterocycles. The number of benzene rings is 3. The number of carbonyl (C=O) groups is 1. The number of likely N-dealkylation sites (N-methyl/N-ethyl adjacent to an activating group) is 1. The number of hydrogen-bond acceptors (Lipinski definition) is 8. The molecule has 0 aliphatic heterocycles. The van der Waals surface area contributed by atoms with Crippen molar-refractivity contribution in [2.45, 2.75) is 18.2 Å². The standard InChI is InChI=1S/C30H35N5O3S/c1-35(2)18-17-31-27(21-23-9-5-3-6-10-23)29(36)32-25-15-13-24(14-16-25)30-34-33-28(38-30)22-39-20-19-37-26-11-7-4-8-12-26/h3-16,27,31H,17-22H2,1-2H3,(H,32,36)/t27-/m0/s1. The Balaban J connectivity index is 1.27. The Kier molecular flexibility index (Phi) is 10.9. The summed E-state index contributed by atoms with van der Waals surface area (Å²) in [6.45, 7) is 2.17. The maximum Gasteiger partial charge on any atom is 0.247 e. The highest BCUT2D eigenvalue weighted by Gasteiger charge is 2.19. The molecule has 0 aliphatic rings. The molecule has 0 radical (unpaired) electrons. The number of ether oxygens (including phenoxy) is 1. The van der Waals surface area contributed by atoms with Gasteiger partial charge in [-0.1, -0.05) is 48.5 Å². The summed E-state index contributed by atoms with van der Waals surface area (Å²) >= 11 is 1.68. The second-order valence-corrected chi connectivity index (χ2v) is 10.4. The molecule has 8 nitrogen and oxygen atoms in total. The zero-order valence-electron chi connectivity index (χ0n) is 22.4. The quantitative estimate of drug-likeness (QED) is 0.207. The average Bonchev–Trinajstić information content (AvgIpc) is 3.42. The van der Waals surface area contributed by atoms with E-state index in [-0.39, 0.29) is 11.9 Å². The number of carbonyl (C=O) groups excluding carboxylic acids is 1. The number of anilines is 1. The molecule has 4 aromatic rings. The van der Waals surface area contributed by atoms with Crippen molar-refractivity contribution in [1.29, 1.82) is 0 Å². The van der Waals surface area contributed by atoms with E-state index in [2.05, 4.69) is 25.7 Å². The highest BCUT2D eigenvalue weighted by atomic mass is 32.2. The minimum Gasteiger partial charge on any atom is -0.493 e. The summed E-state index contributed by atoms with van der Waals surface area (Å²) in [6.07, 6.45) is 0.610. The van der Waals surface area contributed by atoms with Crippen LogP contribution in [0.3, 0.4) is 0 Å². The third kappa shape index (κ3) is 9.55. The minimum absolute atomic E-state index is 0.0706. The lowest BCUT2D eigenvalue weighted by Crippen LogP contribution is -2.44. The number of thioether (sulfide) groups is 1. The van der Waals surface area contributed by atoms with Crippen LogP contribution in [0.4, 0.5) is 5.69 Å². The van der Waals surface area contributed by atoms with Gasteiger partial charge < -0.3 is 24.7 Å². The van der Waals surface area contributed by atoms with Gasteiger partial charge in [0.1, 0.15) is 5.75 Å². The molecule has 0 aliphatic carbocycles. The Morgan fingerprint density at radius 1 is 0.974 bits per heavy atom. The Labute approximate surface area is 234 Å². The first-order valence-electron chi connectivity index (χ1n) is 13.0. The summed E-state index contributed by atoms with van der Waals surface area (Å²) in [6, 6.07) is 26.9. The smallest absolute Gasteiger partial charge is 0.247 e. The first-order chi connectivity index (χ1) is 19.1. The van der Waals surface area contributed by atoms with Crippen molar-refractivity contribution < 1.29 is 13.9 Å². The van der Waals surface area contributed by atoms with Gasteiger partial charge in [-0.05, 0) is 62.5 Å². The number of hydrogen-bond donors (Lipinski definition) is 2. The van der Waals surface area contributed by atoms with Crippen LogP contribution < -0.4 is 15.4 Å². The average molecular weight is 546 g/mol. The minimum atomic E-state index is -0.346. The van der Waals surface area contributed by atoms with Crippen molar-refractivity contribution in [3.63, 3.8) is 0 Å². The molecule has 9 heteroatoms. The van der Waals surface area contributed by atoms with E-state index in [4.69, 9.17) is 9.15 Å². The molecule has 39 heavy (non-hydrogen) atoms. The van der Waals surface area contributed by atoms with Crippen LogP contribution in [0.1, 0.15) is 11.5 Å². The second kappa shape index (κ2) is 15.1. The SMILES string of the molecule is CN(C)CCN[C@@H](Cc1ccccc1)C(=O)Nc1ccc(-c2nnc(CSCCOc3ccccc3)o2)cc1. The molecule has 0 spiro atoms. The number of aromatic nitrogens is 2. The van der Waals surface area contributed by atoms with Crippen LogP contribution in [0.2, 0.25) is 0 Å². The first kappa shape index (κ1) is 28.4. The molecule has 204 valence electrons. The van der Waals surface area contributed by atoms with Crippen molar-refractivity contribution in [2.75, 3.05) is 44.9 Å². The van der Waals surface area contributed by atoms with E-state index in [1.807, 2.05) is 99.0 Å². The largest absolute Gasteiger partial charge is 0.493 e. The van der Waals surface area contributed by atoms with Crippen molar-refractivity contribution >= 4 is 23.4 Å². The van der Waals surface area contributed by atoms with E-state index in [0.29, 0.717) is 42.8 Å². The second-order valence-electron chi connectivity index (χ2n) is 9.28. The molecule has 0 fully saturated rings. The van der Waals surface area contributed by atoms with Gasteiger partial charge in [0.05, 0.1) is 18.4 Å². The van der Waals surface area contributed by atoms with E-state index >= 15 is 0 Å². The van der Waals surface area contributed by atoms with Gasteiger partial charge in [0.15, 0.2) is 0 Å². The van der Waals surface area contributed by atoms with E-state index < -0.39 is 0 Å². The number of para-hydroxylation sites is 1. The number of nitrogens with one attached hydrogen (secondary N) is 2. The highest BCUT2D eigenvalue weighted by molar-refractivity contribution is 7.98. The van der Waals surface area contributed by atoms with Gasteiger partial charge in [0.25, 0.3) is 0 Å². The molecule has 1 atom stereocenters. The van der Waals surface area contributed by atoms with Crippen molar-refractivity contribution in [3.05, 3.63) is 96.4 Å². The summed E-state index contributed by atoms with van der Waals surface area (Å²) < 4.78 is 11.5. The molecule has 1 heterocycles. The Morgan fingerprint density at radius 2 is 1.69 bits per heavy atom. The van der Waals surface area contributed by atoms with E-state index in [1.165, 1.54) is 0 Å². The summed E-state index contributed by atoms with van der Waals surface area (Å²) in [4.78, 5) is 15.2. The van der Waals surface area contributed by atoms with Gasteiger partial charge in [-0.25, -0.2) is 0 Å². The zero-order chi connectivity index (χ0) is 27.3. The van der Waals surface area contributed by atoms with Crippen LogP contribution in [0.5, 0.6) is 5.75 Å². The maximum absolute atomic E-state index is 13.1. The fourth-order valence-electron chi connectivity index (χ4n) is 3.82. The molecule has 0 saturated carbocycles. The lowest BCUT2D eigenvalue weighted by atomic mass is 10.0. The topological polar surface area (TPSA) is 92.5 Å². The lowest BCUT2D eigenvalue weighted by Gasteiger charge is -2.20. The first-order valence-corrected chi connectivity index (χ1v) is 14.1. The van der Waals surface area contributed by atoms with E-state index in [9.17, 15) is 4.79 Å². The van der Waals surface area contributed by atoms with Gasteiger partial charge in [0, 0.05) is 30.1 Å². The Morgan fingerprint density at radius 3 is 2.41 bits per heavy atom. The molecular weight excluding hydrogens is 510 g/mol. The van der Waals surface area contributed by atoms with Crippen molar-refractivity contribution in [3.8, 4) is 17.2 Å². The van der Waals surface area contributed by atoms with Crippen molar-refractivity contribution in [2.24, 2.45) is 0 Å². The van der Waals surface area contributed by atoms with Gasteiger partial charge in [-0.15, -0.1) is 22.0 Å². The van der Waals surface area contributed by atoms with Crippen LogP contribution in [-0.4, -0.2) is 66.6 Å². The zero-order valence-corrected chi connectivity index (χ0v) is 23.2. The van der Waals surface area contributed by atoms with Crippen LogP contribution >= 0.6 is 11.8 Å². The van der Waals surface area contributed by atoms with Crippen LogP contribution in [0.25, 0.3) is 11.5 Å². The molecular formula is C30H35N5O3S. The van der Waals surface area contributed by atoms with Crippen molar-refractivity contribution in [1.82, 2.24) is 20.4 Å². The van der Waals surface area contributed by atoms with Crippen LogP contribution in [0, 0.1) is 0 Å². The fourth-order valence-corrected chi connectivity index (χ4v) is 4.46. The summed E-state index contributed by atoms with van der Waals surface area (Å²) in [5.41, 5.74) is 2.62. The van der Waals surface area contributed by atoms with Gasteiger partial charge in [-0.2, -0.15) is 0 Å². The molecule has 2 N–H and O–H groups in total. The predicted octanol–water partition coefficient (Wildman–Crippen LogP) is 4.75. The van der Waals surface area contributed by atoms with E-state index in [0.717, 1.165) is 29.2 Å². The summed E-state index contributed by atoms with van der Waals surface area (Å²) in [5, 5.41) is 14.8. The molecule has 0 saturated heterocycles. The number of amides is 1. The summed E-state index contributed by atoms with van der Waals surface area (Å²) in [5.74, 6) is 3.25. The number of nitrogens with zero attached hydrogens (tertiary/aromatic N) is 3. The normalized spacial score (nSPS) is 11.9. The van der Waals surface area contributed by atoms with Gasteiger partial charge in [-0.3, -0.25) is 4.79 Å².